The summed E-state index contributed by atoms with van der Waals surface area (Å²) in [7, 11) is 0. The van der Waals surface area contributed by atoms with E-state index in [0.717, 1.165) is 28.3 Å². The Morgan fingerprint density at radius 2 is 0.815 bits per heavy atom. The zero-order valence-corrected chi connectivity index (χ0v) is 35.5. The molecule has 2 nitrogen and oxygen atoms in total. The van der Waals surface area contributed by atoms with Crippen LogP contribution in [0.5, 0.6) is 0 Å². The van der Waals surface area contributed by atoms with Gasteiger partial charge in [0.2, 0.25) is 0 Å². The molecule has 0 N–H and O–H groups in total. The van der Waals surface area contributed by atoms with Crippen molar-refractivity contribution in [2.45, 2.75) is 5.41 Å². The van der Waals surface area contributed by atoms with Crippen molar-refractivity contribution in [2.24, 2.45) is 0 Å². The first kappa shape index (κ1) is 36.1. The number of hydrogen-bond acceptors (Lipinski definition) is 1. The molecule has 1 spiro atoms. The van der Waals surface area contributed by atoms with E-state index in [1.54, 1.807) is 0 Å². The van der Waals surface area contributed by atoms with E-state index in [1.807, 2.05) is 0 Å². The molecule has 11 aromatic rings. The molecule has 10 aromatic carbocycles. The number of rotatable bonds is 5. The van der Waals surface area contributed by atoms with Gasteiger partial charge in [0.05, 0.1) is 16.4 Å². The average Bonchev–Trinajstić information content (AvgIpc) is 4.06. The molecule has 0 fully saturated rings. The van der Waals surface area contributed by atoms with Gasteiger partial charge in [0.25, 0.3) is 0 Å². The van der Waals surface area contributed by atoms with Crippen molar-refractivity contribution in [2.75, 3.05) is 4.90 Å². The van der Waals surface area contributed by atoms with E-state index in [-0.39, 0.29) is 0 Å². The molecule has 0 unspecified atom stereocenters. The van der Waals surface area contributed by atoms with Crippen LogP contribution in [0.1, 0.15) is 33.4 Å². The van der Waals surface area contributed by atoms with E-state index in [2.05, 4.69) is 247 Å². The molecule has 0 atom stereocenters. The predicted octanol–water partition coefficient (Wildman–Crippen LogP) is 16.3. The molecule has 0 bridgehead atoms. The van der Waals surface area contributed by atoms with E-state index in [0.29, 0.717) is 0 Å². The highest BCUT2D eigenvalue weighted by Crippen LogP contribution is 2.63. The van der Waals surface area contributed by atoms with Crippen molar-refractivity contribution in [3.63, 3.8) is 0 Å². The molecular weight excluding hydrogens is 785 g/mol. The minimum atomic E-state index is -0.444. The number of anilines is 3. The Morgan fingerprint density at radius 1 is 0.323 bits per heavy atom. The lowest BCUT2D eigenvalue weighted by Crippen LogP contribution is -2.26. The summed E-state index contributed by atoms with van der Waals surface area (Å²) in [5.74, 6) is 0. The molecule has 1 aromatic heterocycles. The normalized spacial score (nSPS) is 13.4. The Bertz CT molecular complexity index is 3730. The van der Waals surface area contributed by atoms with Gasteiger partial charge in [-0.05, 0) is 150 Å². The standard InChI is InChI=1S/C63H40N2/c1-40-47-17-5-6-18-48(47)49-34-32-45(38-55(40)49)64(44-30-27-41(28-31-44)42-29-36-62-56(37-42)54-22-10-14-26-61(54)65(62)43-15-3-2-4-16-43)46-33-35-53-52-21-9-13-25-59(52)63(60(53)39-46)57-23-11-7-19-50(57)51-20-8-12-24-58(51)63/h2-39H,1H2. The molecule has 302 valence electrons. The van der Waals surface area contributed by atoms with Gasteiger partial charge in [0.15, 0.2) is 0 Å². The second-order valence-electron chi connectivity index (χ2n) is 17.7. The van der Waals surface area contributed by atoms with Gasteiger partial charge >= 0.3 is 0 Å². The van der Waals surface area contributed by atoms with Gasteiger partial charge in [0, 0.05) is 33.5 Å². The van der Waals surface area contributed by atoms with Crippen LogP contribution in [0.15, 0.2) is 237 Å². The van der Waals surface area contributed by atoms with Crippen LogP contribution in [0, 0.1) is 0 Å². The van der Waals surface area contributed by atoms with Gasteiger partial charge in [-0.1, -0.05) is 170 Å². The lowest BCUT2D eigenvalue weighted by Gasteiger charge is -2.32. The molecule has 0 saturated carbocycles. The first-order chi connectivity index (χ1) is 32.2. The molecule has 2 heteroatoms. The lowest BCUT2D eigenvalue weighted by atomic mass is 9.70. The first-order valence-corrected chi connectivity index (χ1v) is 22.5. The number of nitrogens with zero attached hydrogens (tertiary/aromatic N) is 2. The average molecular weight is 825 g/mol. The van der Waals surface area contributed by atoms with Gasteiger partial charge in [-0.3, -0.25) is 0 Å². The van der Waals surface area contributed by atoms with E-state index in [9.17, 15) is 0 Å². The van der Waals surface area contributed by atoms with Crippen molar-refractivity contribution in [1.82, 2.24) is 4.57 Å². The smallest absolute Gasteiger partial charge is 0.0726 e. The molecular formula is C63H40N2. The third-order valence-electron chi connectivity index (χ3n) is 14.5. The molecule has 0 saturated heterocycles. The Balaban J connectivity index is 0.947. The van der Waals surface area contributed by atoms with Gasteiger partial charge in [-0.2, -0.15) is 0 Å². The summed E-state index contributed by atoms with van der Waals surface area (Å²) < 4.78 is 2.38. The van der Waals surface area contributed by atoms with Gasteiger partial charge < -0.3 is 9.47 Å². The molecule has 0 aliphatic heterocycles. The molecule has 3 aliphatic rings. The third kappa shape index (κ3) is 4.94. The summed E-state index contributed by atoms with van der Waals surface area (Å²) in [6.45, 7) is 4.63. The molecule has 0 radical (unpaired) electrons. The van der Waals surface area contributed by atoms with Gasteiger partial charge in [0.1, 0.15) is 0 Å². The first-order valence-electron chi connectivity index (χ1n) is 22.5. The quantitative estimate of drug-likeness (QED) is 0.168. The second kappa shape index (κ2) is 13.5. The predicted molar refractivity (Wildman–Crippen MR) is 271 cm³/mol. The maximum atomic E-state index is 4.63. The summed E-state index contributed by atoms with van der Waals surface area (Å²) in [4.78, 5) is 2.45. The zero-order valence-electron chi connectivity index (χ0n) is 35.5. The fraction of sp³-hybridized carbons (Fsp3) is 0.0159. The fourth-order valence-electron chi connectivity index (χ4n) is 11.8. The fourth-order valence-corrected chi connectivity index (χ4v) is 11.8. The Hall–Kier alpha value is -8.46. The van der Waals surface area contributed by atoms with E-state index < -0.39 is 5.41 Å². The molecule has 1 heterocycles. The minimum absolute atomic E-state index is 0.444. The number of para-hydroxylation sites is 2. The van der Waals surface area contributed by atoms with E-state index >= 15 is 0 Å². The van der Waals surface area contributed by atoms with Crippen LogP contribution < -0.4 is 4.90 Å². The van der Waals surface area contributed by atoms with Crippen molar-refractivity contribution in [1.29, 1.82) is 0 Å². The maximum absolute atomic E-state index is 4.63. The molecule has 0 amide bonds. The Kier molecular flexibility index (Phi) is 7.50. The zero-order chi connectivity index (χ0) is 42.8. The van der Waals surface area contributed by atoms with Crippen LogP contribution in [0.25, 0.3) is 77.6 Å². The summed E-state index contributed by atoms with van der Waals surface area (Å²) >= 11 is 0. The third-order valence-corrected chi connectivity index (χ3v) is 14.5. The van der Waals surface area contributed by atoms with Crippen LogP contribution in [0.3, 0.4) is 0 Å². The number of aromatic nitrogens is 1. The lowest BCUT2D eigenvalue weighted by molar-refractivity contribution is 0.793. The van der Waals surface area contributed by atoms with Crippen molar-refractivity contribution >= 4 is 44.4 Å². The van der Waals surface area contributed by atoms with Crippen LogP contribution in [0.4, 0.5) is 17.1 Å². The summed E-state index contributed by atoms with van der Waals surface area (Å²) in [5.41, 5.74) is 25.3. The minimum Gasteiger partial charge on any atom is -0.310 e. The summed E-state index contributed by atoms with van der Waals surface area (Å²) in [6.07, 6.45) is 0. The highest BCUT2D eigenvalue weighted by molar-refractivity contribution is 6.10. The monoisotopic (exact) mass is 824 g/mol. The highest BCUT2D eigenvalue weighted by Gasteiger charge is 2.51. The highest BCUT2D eigenvalue weighted by atomic mass is 15.1. The van der Waals surface area contributed by atoms with Crippen LogP contribution in [0.2, 0.25) is 0 Å². The Morgan fingerprint density at radius 3 is 1.51 bits per heavy atom. The number of benzene rings is 10. The van der Waals surface area contributed by atoms with E-state index in [4.69, 9.17) is 0 Å². The second-order valence-corrected chi connectivity index (χ2v) is 17.7. The molecule has 3 aliphatic carbocycles. The summed E-state index contributed by atoms with van der Waals surface area (Å²) in [6, 6.07) is 85.4. The molecule has 14 rings (SSSR count). The SMILES string of the molecule is C=C1c2ccccc2-c2ccc(N(c3ccc(-c4ccc5c(c4)c4ccccc4n5-c4ccccc4)cc3)c3ccc4c(c3)C3(c5ccccc5-c5ccccc53)c3ccccc3-4)cc21. The number of hydrogen-bond donors (Lipinski definition) is 0. The number of fused-ring (bicyclic) bond motifs is 16. The van der Waals surface area contributed by atoms with Crippen molar-refractivity contribution in [3.8, 4) is 50.2 Å². The topological polar surface area (TPSA) is 8.17 Å². The van der Waals surface area contributed by atoms with Gasteiger partial charge in [-0.15, -0.1) is 0 Å². The largest absolute Gasteiger partial charge is 0.310 e. The van der Waals surface area contributed by atoms with Crippen LogP contribution >= 0.6 is 0 Å². The maximum Gasteiger partial charge on any atom is 0.0726 e. The summed E-state index contributed by atoms with van der Waals surface area (Å²) in [5, 5.41) is 2.50. The van der Waals surface area contributed by atoms with Crippen LogP contribution in [-0.4, -0.2) is 4.57 Å². The van der Waals surface area contributed by atoms with Crippen molar-refractivity contribution in [3.05, 3.63) is 270 Å². The van der Waals surface area contributed by atoms with Crippen molar-refractivity contribution < 1.29 is 0 Å². The Labute approximate surface area is 378 Å². The molecule has 65 heavy (non-hydrogen) atoms. The van der Waals surface area contributed by atoms with Gasteiger partial charge in [-0.25, -0.2) is 0 Å². The van der Waals surface area contributed by atoms with E-state index in [1.165, 1.54) is 99.7 Å². The van der Waals surface area contributed by atoms with Crippen LogP contribution in [-0.2, 0) is 5.41 Å².